The monoisotopic (exact) mass is 427 g/mol. The van der Waals surface area contributed by atoms with Gasteiger partial charge in [0.05, 0.1) is 18.8 Å². The molecule has 2 aromatic carbocycles. The fraction of sp³-hybridized carbons (Fsp3) is 0.286. The van der Waals surface area contributed by atoms with Gasteiger partial charge in [0.1, 0.15) is 16.8 Å². The molecule has 2 atom stereocenters. The van der Waals surface area contributed by atoms with Gasteiger partial charge in [-0.3, -0.25) is 4.79 Å². The highest BCUT2D eigenvalue weighted by atomic mass is 32.2. The molecule has 0 aliphatic carbocycles. The van der Waals surface area contributed by atoms with E-state index >= 15 is 0 Å². The maximum Gasteiger partial charge on any atom is 0.240 e. The molecule has 3 aromatic rings. The molecule has 156 valence electrons. The Bertz CT molecular complexity index is 1040. The standard InChI is InChI=1S/C21H22FN5O2S/c1-3-6-17-24-25-21-27(17)26-18(13-9-11-14(29-2)12-10-13)19(30-21)20(28)23-16-8-5-4-7-15(16)22/h4-5,7-12,18-19,26H,3,6H2,1-2H3,(H,23,28)/t18-,19+/m0/s1. The average Bonchev–Trinajstić information content (AvgIpc) is 3.16. The SMILES string of the molecule is CCCc1nnc2n1N[C@@H](c1ccc(OC)cc1)[C@H](C(=O)Nc1ccccc1F)S2. The molecule has 4 rings (SSSR count). The Morgan fingerprint density at radius 3 is 2.70 bits per heavy atom. The molecular weight excluding hydrogens is 405 g/mol. The Morgan fingerprint density at radius 1 is 1.23 bits per heavy atom. The smallest absolute Gasteiger partial charge is 0.240 e. The van der Waals surface area contributed by atoms with Gasteiger partial charge in [-0.15, -0.1) is 10.2 Å². The van der Waals surface area contributed by atoms with E-state index < -0.39 is 11.1 Å². The Balaban J connectivity index is 1.67. The number of benzene rings is 2. The number of ether oxygens (including phenoxy) is 1. The van der Waals surface area contributed by atoms with Crippen LogP contribution in [0.4, 0.5) is 10.1 Å². The van der Waals surface area contributed by atoms with Crippen LogP contribution in [0.1, 0.15) is 30.8 Å². The van der Waals surface area contributed by atoms with E-state index in [0.29, 0.717) is 5.16 Å². The lowest BCUT2D eigenvalue weighted by molar-refractivity contribution is -0.116. The van der Waals surface area contributed by atoms with Crippen LogP contribution >= 0.6 is 11.8 Å². The third-order valence-electron chi connectivity index (χ3n) is 4.84. The Morgan fingerprint density at radius 2 is 2.00 bits per heavy atom. The van der Waals surface area contributed by atoms with Crippen LogP contribution in [0.2, 0.25) is 0 Å². The number of amides is 1. The molecule has 9 heteroatoms. The number of anilines is 1. The van der Waals surface area contributed by atoms with Crippen molar-refractivity contribution >= 4 is 23.4 Å². The second kappa shape index (κ2) is 8.74. The molecule has 0 saturated heterocycles. The lowest BCUT2D eigenvalue weighted by Gasteiger charge is -2.33. The normalized spacial score (nSPS) is 17.7. The number of nitrogens with one attached hydrogen (secondary N) is 2. The van der Waals surface area contributed by atoms with Crippen molar-refractivity contribution in [1.29, 1.82) is 0 Å². The average molecular weight is 428 g/mol. The first-order valence-electron chi connectivity index (χ1n) is 9.67. The van der Waals surface area contributed by atoms with Crippen molar-refractivity contribution in [2.75, 3.05) is 17.9 Å². The van der Waals surface area contributed by atoms with Gasteiger partial charge >= 0.3 is 0 Å². The molecule has 1 aromatic heterocycles. The summed E-state index contributed by atoms with van der Waals surface area (Å²) in [6.45, 7) is 2.07. The van der Waals surface area contributed by atoms with Crippen LogP contribution in [-0.4, -0.2) is 33.1 Å². The molecule has 1 amide bonds. The number of carbonyl (C=O) groups excluding carboxylic acids is 1. The number of aromatic nitrogens is 3. The predicted molar refractivity (Wildman–Crippen MR) is 114 cm³/mol. The van der Waals surface area contributed by atoms with Gasteiger partial charge in [-0.1, -0.05) is 43.0 Å². The van der Waals surface area contributed by atoms with Crippen molar-refractivity contribution < 1.29 is 13.9 Å². The lowest BCUT2D eigenvalue weighted by Crippen LogP contribution is -2.41. The van der Waals surface area contributed by atoms with Crippen molar-refractivity contribution in [1.82, 2.24) is 14.9 Å². The quantitative estimate of drug-likeness (QED) is 0.623. The predicted octanol–water partition coefficient (Wildman–Crippen LogP) is 3.78. The number of hydrogen-bond donors (Lipinski definition) is 2. The zero-order valence-corrected chi connectivity index (χ0v) is 17.4. The van der Waals surface area contributed by atoms with Crippen LogP contribution < -0.4 is 15.5 Å². The van der Waals surface area contributed by atoms with Crippen molar-refractivity contribution in [2.45, 2.75) is 36.2 Å². The van der Waals surface area contributed by atoms with Gasteiger partial charge < -0.3 is 15.5 Å². The molecule has 0 saturated carbocycles. The van der Waals surface area contributed by atoms with E-state index in [-0.39, 0.29) is 17.6 Å². The third-order valence-corrected chi connectivity index (χ3v) is 6.06. The Labute approximate surface area is 178 Å². The molecule has 0 bridgehead atoms. The van der Waals surface area contributed by atoms with E-state index in [1.165, 1.54) is 17.8 Å². The Hall–Kier alpha value is -3.07. The summed E-state index contributed by atoms with van der Waals surface area (Å²) in [5.41, 5.74) is 4.44. The zero-order valence-electron chi connectivity index (χ0n) is 16.6. The molecule has 0 spiro atoms. The number of methoxy groups -OCH3 is 1. The first-order valence-corrected chi connectivity index (χ1v) is 10.6. The molecule has 1 aliphatic heterocycles. The number of fused-ring (bicyclic) bond motifs is 1. The van der Waals surface area contributed by atoms with Gasteiger partial charge in [0.25, 0.3) is 0 Å². The number of hydrogen-bond acceptors (Lipinski definition) is 6. The largest absolute Gasteiger partial charge is 0.497 e. The minimum absolute atomic E-state index is 0.148. The highest BCUT2D eigenvalue weighted by molar-refractivity contribution is 8.00. The fourth-order valence-electron chi connectivity index (χ4n) is 3.31. The first kappa shape index (κ1) is 20.2. The molecular formula is C21H22FN5O2S. The van der Waals surface area contributed by atoms with Crippen molar-refractivity contribution in [3.8, 4) is 5.75 Å². The molecule has 0 fully saturated rings. The summed E-state index contributed by atoms with van der Waals surface area (Å²) >= 11 is 1.31. The number of para-hydroxylation sites is 1. The van der Waals surface area contributed by atoms with E-state index in [9.17, 15) is 9.18 Å². The van der Waals surface area contributed by atoms with Crippen molar-refractivity contribution in [3.05, 3.63) is 65.7 Å². The highest BCUT2D eigenvalue weighted by Gasteiger charge is 2.38. The molecule has 7 nitrogen and oxygen atoms in total. The summed E-state index contributed by atoms with van der Waals surface area (Å²) in [6.07, 6.45) is 1.69. The Kier molecular flexibility index (Phi) is 5.89. The lowest BCUT2D eigenvalue weighted by atomic mass is 10.0. The number of rotatable bonds is 6. The zero-order chi connectivity index (χ0) is 21.1. The summed E-state index contributed by atoms with van der Waals surface area (Å²) < 4.78 is 21.2. The number of thioether (sulfide) groups is 1. The molecule has 2 heterocycles. The third kappa shape index (κ3) is 3.97. The van der Waals surface area contributed by atoms with Gasteiger partial charge in [0.15, 0.2) is 5.82 Å². The minimum atomic E-state index is -0.579. The van der Waals surface area contributed by atoms with Gasteiger partial charge in [0.2, 0.25) is 11.1 Å². The van der Waals surface area contributed by atoms with Gasteiger partial charge in [-0.25, -0.2) is 9.07 Å². The summed E-state index contributed by atoms with van der Waals surface area (Å²) in [7, 11) is 1.61. The van der Waals surface area contributed by atoms with E-state index in [4.69, 9.17) is 4.74 Å². The van der Waals surface area contributed by atoms with Crippen molar-refractivity contribution in [3.63, 3.8) is 0 Å². The van der Waals surface area contributed by atoms with E-state index in [2.05, 4.69) is 27.9 Å². The van der Waals surface area contributed by atoms with E-state index in [1.54, 1.807) is 25.3 Å². The number of aryl methyl sites for hydroxylation is 1. The molecule has 30 heavy (non-hydrogen) atoms. The summed E-state index contributed by atoms with van der Waals surface area (Å²) in [5, 5.41) is 11.2. The van der Waals surface area contributed by atoms with E-state index in [0.717, 1.165) is 30.0 Å². The van der Waals surface area contributed by atoms with E-state index in [1.807, 2.05) is 28.9 Å². The van der Waals surface area contributed by atoms with Gasteiger partial charge in [0, 0.05) is 6.42 Å². The molecule has 2 N–H and O–H groups in total. The fourth-order valence-corrected chi connectivity index (χ4v) is 4.41. The summed E-state index contributed by atoms with van der Waals surface area (Å²) in [5.74, 6) is 0.747. The second-order valence-corrected chi connectivity index (χ2v) is 7.98. The van der Waals surface area contributed by atoms with Crippen LogP contribution in [0.3, 0.4) is 0 Å². The number of carbonyl (C=O) groups is 1. The first-order chi connectivity index (χ1) is 14.6. The van der Waals surface area contributed by atoms with Crippen LogP contribution in [-0.2, 0) is 11.2 Å². The van der Waals surface area contributed by atoms with Gasteiger partial charge in [-0.05, 0) is 36.2 Å². The van der Waals surface area contributed by atoms with Crippen LogP contribution in [0.5, 0.6) is 5.75 Å². The van der Waals surface area contributed by atoms with Gasteiger partial charge in [-0.2, -0.15) is 0 Å². The number of nitrogens with zero attached hydrogens (tertiary/aromatic N) is 3. The minimum Gasteiger partial charge on any atom is -0.497 e. The highest BCUT2D eigenvalue weighted by Crippen LogP contribution is 2.38. The second-order valence-electron chi connectivity index (χ2n) is 6.87. The summed E-state index contributed by atoms with van der Waals surface area (Å²) in [6, 6.07) is 13.3. The number of halogens is 1. The topological polar surface area (TPSA) is 81.1 Å². The maximum atomic E-state index is 14.1. The molecule has 0 unspecified atom stereocenters. The molecule has 0 radical (unpaired) electrons. The summed E-state index contributed by atoms with van der Waals surface area (Å²) in [4.78, 5) is 13.1. The van der Waals surface area contributed by atoms with Crippen LogP contribution in [0.25, 0.3) is 0 Å². The van der Waals surface area contributed by atoms with Crippen LogP contribution in [0.15, 0.2) is 53.7 Å². The van der Waals surface area contributed by atoms with Crippen LogP contribution in [0, 0.1) is 5.82 Å². The van der Waals surface area contributed by atoms with Crippen molar-refractivity contribution in [2.24, 2.45) is 0 Å². The maximum absolute atomic E-state index is 14.1. The molecule has 1 aliphatic rings.